The zero-order valence-electron chi connectivity index (χ0n) is 12.6. The van der Waals surface area contributed by atoms with Crippen molar-refractivity contribution in [2.75, 3.05) is 6.54 Å². The van der Waals surface area contributed by atoms with Crippen LogP contribution in [0, 0.1) is 12.7 Å². The summed E-state index contributed by atoms with van der Waals surface area (Å²) in [6.45, 7) is 6.34. The fourth-order valence-corrected chi connectivity index (χ4v) is 2.46. The van der Waals surface area contributed by atoms with Gasteiger partial charge in [-0.15, -0.1) is 0 Å². The summed E-state index contributed by atoms with van der Waals surface area (Å²) in [7, 11) is 0. The molecule has 2 aromatic carbocycles. The average Bonchev–Trinajstić information content (AvgIpc) is 2.58. The lowest BCUT2D eigenvalue weighted by Gasteiger charge is -2.16. The molecule has 1 heterocycles. The second-order valence-electron chi connectivity index (χ2n) is 5.42. The maximum absolute atomic E-state index is 13.7. The topological polar surface area (TPSA) is 12.0 Å². The van der Waals surface area contributed by atoms with Crippen LogP contribution in [-0.2, 0) is 0 Å². The van der Waals surface area contributed by atoms with Gasteiger partial charge < -0.3 is 5.32 Å². The lowest BCUT2D eigenvalue weighted by atomic mass is 10.0. The summed E-state index contributed by atoms with van der Waals surface area (Å²) in [6, 6.07) is 13.5. The van der Waals surface area contributed by atoms with Crippen LogP contribution in [0.2, 0.25) is 0 Å². The molecule has 1 aliphatic heterocycles. The Bertz CT molecular complexity index is 767. The summed E-state index contributed by atoms with van der Waals surface area (Å²) >= 11 is 0. The minimum Gasteiger partial charge on any atom is -0.380 e. The third-order valence-corrected chi connectivity index (χ3v) is 3.91. The summed E-state index contributed by atoms with van der Waals surface area (Å²) in [6.07, 6.45) is 5.98. The highest BCUT2D eigenvalue weighted by Crippen LogP contribution is 2.24. The van der Waals surface area contributed by atoms with E-state index in [0.29, 0.717) is 5.56 Å². The van der Waals surface area contributed by atoms with Gasteiger partial charge in [0.25, 0.3) is 0 Å². The summed E-state index contributed by atoms with van der Waals surface area (Å²) in [5.41, 5.74) is 5.97. The minimum absolute atomic E-state index is 0.166. The van der Waals surface area contributed by atoms with Crippen molar-refractivity contribution in [3.8, 4) is 11.1 Å². The lowest BCUT2D eigenvalue weighted by molar-refractivity contribution is 0.619. The number of nitrogens with one attached hydrogen (secondary N) is 1. The summed E-state index contributed by atoms with van der Waals surface area (Å²) in [5, 5.41) is 3.37. The fraction of sp³-hybridized carbons (Fsp3) is 0.100. The number of halogens is 1. The van der Waals surface area contributed by atoms with Gasteiger partial charge in [-0.05, 0) is 46.9 Å². The molecule has 0 spiro atoms. The Morgan fingerprint density at radius 1 is 1.00 bits per heavy atom. The molecule has 0 radical (unpaired) electrons. The molecule has 2 heteroatoms. The first-order valence-electron chi connectivity index (χ1n) is 7.31. The smallest absolute Gasteiger partial charge is 0.126 e. The van der Waals surface area contributed by atoms with E-state index in [2.05, 4.69) is 36.2 Å². The van der Waals surface area contributed by atoms with E-state index in [0.717, 1.165) is 28.9 Å². The van der Waals surface area contributed by atoms with Crippen LogP contribution in [0.1, 0.15) is 11.1 Å². The SMILES string of the molecule is C=CC1=CC=C(c2ccc(-c3ccc(C)c(F)c3)cc2)NC1. The van der Waals surface area contributed by atoms with E-state index in [1.54, 1.807) is 13.0 Å². The third kappa shape index (κ3) is 2.86. The lowest BCUT2D eigenvalue weighted by Crippen LogP contribution is -2.17. The zero-order valence-corrected chi connectivity index (χ0v) is 12.6. The van der Waals surface area contributed by atoms with Crippen molar-refractivity contribution in [2.24, 2.45) is 0 Å². The maximum Gasteiger partial charge on any atom is 0.126 e. The van der Waals surface area contributed by atoms with Gasteiger partial charge in [0.15, 0.2) is 0 Å². The van der Waals surface area contributed by atoms with Gasteiger partial charge >= 0.3 is 0 Å². The van der Waals surface area contributed by atoms with Gasteiger partial charge in [-0.3, -0.25) is 0 Å². The Kier molecular flexibility index (Phi) is 3.92. The molecule has 0 fully saturated rings. The summed E-state index contributed by atoms with van der Waals surface area (Å²) in [4.78, 5) is 0. The van der Waals surface area contributed by atoms with Crippen LogP contribution in [0.4, 0.5) is 4.39 Å². The minimum atomic E-state index is -0.166. The predicted molar refractivity (Wildman–Crippen MR) is 90.8 cm³/mol. The monoisotopic (exact) mass is 291 g/mol. The molecule has 0 saturated carbocycles. The van der Waals surface area contributed by atoms with E-state index in [1.165, 1.54) is 5.57 Å². The molecular formula is C20H18FN. The van der Waals surface area contributed by atoms with Crippen molar-refractivity contribution in [3.05, 3.63) is 89.8 Å². The predicted octanol–water partition coefficient (Wildman–Crippen LogP) is 4.86. The van der Waals surface area contributed by atoms with E-state index in [9.17, 15) is 4.39 Å². The second-order valence-corrected chi connectivity index (χ2v) is 5.42. The maximum atomic E-state index is 13.7. The zero-order chi connectivity index (χ0) is 15.5. The molecular weight excluding hydrogens is 273 g/mol. The number of hydrogen-bond donors (Lipinski definition) is 1. The molecule has 0 aliphatic carbocycles. The highest BCUT2D eigenvalue weighted by molar-refractivity contribution is 5.71. The van der Waals surface area contributed by atoms with Gasteiger partial charge in [-0.25, -0.2) is 4.39 Å². The number of aryl methyl sites for hydroxylation is 1. The van der Waals surface area contributed by atoms with Crippen molar-refractivity contribution in [3.63, 3.8) is 0 Å². The number of hydrogen-bond acceptors (Lipinski definition) is 1. The molecule has 1 N–H and O–H groups in total. The molecule has 0 aromatic heterocycles. The van der Waals surface area contributed by atoms with Crippen LogP contribution < -0.4 is 5.32 Å². The van der Waals surface area contributed by atoms with E-state index < -0.39 is 0 Å². The van der Waals surface area contributed by atoms with Gasteiger partial charge in [-0.1, -0.05) is 55.1 Å². The Morgan fingerprint density at radius 2 is 1.68 bits per heavy atom. The van der Waals surface area contributed by atoms with Gasteiger partial charge in [0.1, 0.15) is 5.82 Å². The second kappa shape index (κ2) is 6.02. The fourth-order valence-electron chi connectivity index (χ4n) is 2.46. The molecule has 110 valence electrons. The van der Waals surface area contributed by atoms with E-state index in [4.69, 9.17) is 0 Å². The Balaban J connectivity index is 1.87. The Labute approximate surface area is 130 Å². The number of benzene rings is 2. The molecule has 1 aliphatic rings. The highest BCUT2D eigenvalue weighted by atomic mass is 19.1. The highest BCUT2D eigenvalue weighted by Gasteiger charge is 2.07. The van der Waals surface area contributed by atoms with Gasteiger partial charge in [0.05, 0.1) is 0 Å². The molecule has 0 unspecified atom stereocenters. The molecule has 0 bridgehead atoms. The molecule has 1 nitrogen and oxygen atoms in total. The Hall–Kier alpha value is -2.61. The van der Waals surface area contributed by atoms with E-state index in [1.807, 2.05) is 30.3 Å². The molecule has 0 saturated heterocycles. The number of dihydropyridines is 1. The van der Waals surface area contributed by atoms with Gasteiger partial charge in [0.2, 0.25) is 0 Å². The van der Waals surface area contributed by atoms with Crippen LogP contribution in [0.3, 0.4) is 0 Å². The van der Waals surface area contributed by atoms with Crippen LogP contribution in [0.15, 0.2) is 72.8 Å². The van der Waals surface area contributed by atoms with Gasteiger partial charge in [0, 0.05) is 12.2 Å². The average molecular weight is 291 g/mol. The van der Waals surface area contributed by atoms with Crippen molar-refractivity contribution in [1.29, 1.82) is 0 Å². The van der Waals surface area contributed by atoms with Crippen molar-refractivity contribution < 1.29 is 4.39 Å². The first-order valence-corrected chi connectivity index (χ1v) is 7.31. The molecule has 3 rings (SSSR count). The van der Waals surface area contributed by atoms with E-state index >= 15 is 0 Å². The largest absolute Gasteiger partial charge is 0.380 e. The third-order valence-electron chi connectivity index (χ3n) is 3.91. The normalized spacial score (nSPS) is 13.9. The standard InChI is InChI=1S/C20H18FN/c1-3-15-5-11-20(22-13-15)17-9-7-16(8-10-17)18-6-4-14(2)19(21)12-18/h3-12,22H,1,13H2,2H3. The summed E-state index contributed by atoms with van der Waals surface area (Å²) in [5.74, 6) is -0.166. The molecule has 2 aromatic rings. The van der Waals surface area contributed by atoms with Crippen molar-refractivity contribution in [1.82, 2.24) is 5.32 Å². The van der Waals surface area contributed by atoms with Gasteiger partial charge in [-0.2, -0.15) is 0 Å². The number of allylic oxidation sites excluding steroid dienone is 2. The Morgan fingerprint density at radius 3 is 2.27 bits per heavy atom. The molecule has 22 heavy (non-hydrogen) atoms. The first kappa shape index (κ1) is 14.3. The van der Waals surface area contributed by atoms with Crippen LogP contribution in [-0.4, -0.2) is 6.54 Å². The first-order chi connectivity index (χ1) is 10.7. The molecule has 0 amide bonds. The van der Waals surface area contributed by atoms with Crippen molar-refractivity contribution in [2.45, 2.75) is 6.92 Å². The van der Waals surface area contributed by atoms with Crippen LogP contribution in [0.5, 0.6) is 0 Å². The van der Waals surface area contributed by atoms with Crippen LogP contribution >= 0.6 is 0 Å². The quantitative estimate of drug-likeness (QED) is 0.851. The molecule has 0 atom stereocenters. The number of rotatable bonds is 3. The van der Waals surface area contributed by atoms with E-state index in [-0.39, 0.29) is 5.82 Å². The van der Waals surface area contributed by atoms with Crippen LogP contribution in [0.25, 0.3) is 16.8 Å². The van der Waals surface area contributed by atoms with Crippen molar-refractivity contribution >= 4 is 5.70 Å². The summed E-state index contributed by atoms with van der Waals surface area (Å²) < 4.78 is 13.7.